The van der Waals surface area contributed by atoms with Crippen molar-refractivity contribution in [2.75, 3.05) is 19.0 Å². The molecule has 0 saturated heterocycles. The summed E-state index contributed by atoms with van der Waals surface area (Å²) in [5, 5.41) is 2.86. The van der Waals surface area contributed by atoms with Crippen molar-refractivity contribution < 1.29 is 27.1 Å². The van der Waals surface area contributed by atoms with Gasteiger partial charge in [0.1, 0.15) is 5.82 Å². The molecule has 1 N–H and O–H groups in total. The predicted octanol–water partition coefficient (Wildman–Crippen LogP) is 2.98. The number of hydrogen-bond donors (Lipinski definition) is 1. The molecule has 1 amide bonds. The summed E-state index contributed by atoms with van der Waals surface area (Å²) in [5.41, 5.74) is -1.73. The molecule has 0 spiro atoms. The lowest BCUT2D eigenvalue weighted by atomic mass is 10.1. The first-order valence-corrected chi connectivity index (χ1v) is 6.64. The predicted molar refractivity (Wildman–Crippen MR) is 68.3 cm³/mol. The summed E-state index contributed by atoms with van der Waals surface area (Å²) in [5.74, 6) is -2.14. The molecule has 0 aliphatic carbocycles. The summed E-state index contributed by atoms with van der Waals surface area (Å²) in [6.07, 6.45) is -4.85. The summed E-state index contributed by atoms with van der Waals surface area (Å²) in [4.78, 5) is 11.8. The third-order valence-electron chi connectivity index (χ3n) is 2.42. The molecule has 3 nitrogen and oxygen atoms in total. The van der Waals surface area contributed by atoms with E-state index in [1.165, 1.54) is 7.11 Å². The van der Waals surface area contributed by atoms with Gasteiger partial charge in [-0.3, -0.25) is 4.79 Å². The zero-order valence-corrected chi connectivity index (χ0v) is 12.0. The quantitative estimate of drug-likeness (QED) is 0.649. The van der Waals surface area contributed by atoms with Gasteiger partial charge in [-0.2, -0.15) is 13.2 Å². The van der Waals surface area contributed by atoms with Gasteiger partial charge in [-0.15, -0.1) is 0 Å². The monoisotopic (exact) mass is 357 g/mol. The Kier molecular flexibility index (Phi) is 5.94. The highest BCUT2D eigenvalue weighted by Gasteiger charge is 2.34. The smallest absolute Gasteiger partial charge is 0.383 e. The molecule has 1 rings (SSSR count). The lowest BCUT2D eigenvalue weighted by Gasteiger charge is -2.16. The van der Waals surface area contributed by atoms with Crippen LogP contribution in [0.4, 0.5) is 17.6 Å². The number of nitrogens with one attached hydrogen (secondary N) is 1. The Morgan fingerprint density at radius 3 is 2.60 bits per heavy atom. The number of carbonyl (C=O) groups excluding carboxylic acids is 1. The van der Waals surface area contributed by atoms with E-state index in [9.17, 15) is 22.4 Å². The van der Waals surface area contributed by atoms with E-state index in [1.54, 1.807) is 0 Å². The van der Waals surface area contributed by atoms with Crippen molar-refractivity contribution >= 4 is 21.8 Å². The van der Waals surface area contributed by atoms with Crippen molar-refractivity contribution in [2.45, 2.75) is 12.2 Å². The molecule has 0 saturated carbocycles. The van der Waals surface area contributed by atoms with Crippen molar-refractivity contribution in [2.24, 2.45) is 0 Å². The van der Waals surface area contributed by atoms with Crippen molar-refractivity contribution in [3.8, 4) is 0 Å². The Hall–Kier alpha value is -1.15. The van der Waals surface area contributed by atoms with E-state index in [2.05, 4.69) is 21.2 Å². The highest BCUT2D eigenvalue weighted by Crippen LogP contribution is 2.31. The molecular formula is C12H12BrF4NO2. The fourth-order valence-corrected chi connectivity index (χ4v) is 1.83. The van der Waals surface area contributed by atoms with Crippen LogP contribution in [-0.2, 0) is 10.9 Å². The molecule has 1 aromatic carbocycles. The summed E-state index contributed by atoms with van der Waals surface area (Å²) < 4.78 is 55.6. The van der Waals surface area contributed by atoms with Crippen LogP contribution in [0.25, 0.3) is 0 Å². The van der Waals surface area contributed by atoms with Crippen LogP contribution in [0.2, 0.25) is 0 Å². The Labute approximate surface area is 121 Å². The van der Waals surface area contributed by atoms with Crippen LogP contribution in [0.3, 0.4) is 0 Å². The summed E-state index contributed by atoms with van der Waals surface area (Å²) in [7, 11) is 1.43. The Balaban J connectivity index is 2.94. The molecule has 20 heavy (non-hydrogen) atoms. The Bertz CT molecular complexity index is 479. The van der Waals surface area contributed by atoms with Crippen LogP contribution in [0.15, 0.2) is 18.2 Å². The number of rotatable bonds is 5. The number of ether oxygens (including phenoxy) is 1. The zero-order chi connectivity index (χ0) is 15.3. The topological polar surface area (TPSA) is 38.3 Å². The molecule has 0 aliphatic rings. The van der Waals surface area contributed by atoms with Crippen LogP contribution < -0.4 is 5.32 Å². The van der Waals surface area contributed by atoms with Crippen LogP contribution >= 0.6 is 15.9 Å². The molecule has 1 atom stereocenters. The molecule has 0 bridgehead atoms. The van der Waals surface area contributed by atoms with E-state index in [4.69, 9.17) is 4.74 Å². The number of alkyl halides is 4. The first-order chi connectivity index (χ1) is 9.29. The fourth-order valence-electron chi connectivity index (χ4n) is 1.48. The van der Waals surface area contributed by atoms with E-state index in [1.807, 2.05) is 0 Å². The van der Waals surface area contributed by atoms with Crippen molar-refractivity contribution in [1.29, 1.82) is 0 Å². The fraction of sp³-hybridized carbons (Fsp3) is 0.417. The van der Waals surface area contributed by atoms with Gasteiger partial charge in [0.15, 0.2) is 0 Å². The van der Waals surface area contributed by atoms with Gasteiger partial charge in [-0.25, -0.2) is 4.39 Å². The molecule has 0 aliphatic heterocycles. The highest BCUT2D eigenvalue weighted by atomic mass is 79.9. The molecule has 0 heterocycles. The SMILES string of the molecule is COCC(CBr)NC(=O)c1ccc(F)c(C(F)(F)F)c1. The van der Waals surface area contributed by atoms with E-state index in [0.717, 1.165) is 6.07 Å². The lowest BCUT2D eigenvalue weighted by Crippen LogP contribution is -2.39. The molecule has 0 radical (unpaired) electrons. The van der Waals surface area contributed by atoms with Gasteiger partial charge in [-0.05, 0) is 18.2 Å². The van der Waals surface area contributed by atoms with Crippen molar-refractivity contribution in [3.63, 3.8) is 0 Å². The van der Waals surface area contributed by atoms with Gasteiger partial charge >= 0.3 is 6.18 Å². The van der Waals surface area contributed by atoms with Crippen LogP contribution in [-0.4, -0.2) is 31.0 Å². The molecule has 1 aromatic rings. The third kappa shape index (κ3) is 4.45. The molecule has 0 fully saturated rings. The number of benzene rings is 1. The van der Waals surface area contributed by atoms with Gasteiger partial charge < -0.3 is 10.1 Å². The van der Waals surface area contributed by atoms with E-state index in [0.29, 0.717) is 17.5 Å². The minimum absolute atomic E-state index is 0.199. The summed E-state index contributed by atoms with van der Waals surface area (Å²) in [6, 6.07) is 1.71. The summed E-state index contributed by atoms with van der Waals surface area (Å²) >= 11 is 3.14. The average molecular weight is 358 g/mol. The number of hydrogen-bond acceptors (Lipinski definition) is 2. The molecule has 1 unspecified atom stereocenters. The molecule has 8 heteroatoms. The van der Waals surface area contributed by atoms with E-state index < -0.39 is 29.5 Å². The van der Waals surface area contributed by atoms with Crippen molar-refractivity contribution in [3.05, 3.63) is 35.1 Å². The lowest BCUT2D eigenvalue weighted by molar-refractivity contribution is -0.140. The van der Waals surface area contributed by atoms with Gasteiger partial charge in [0.2, 0.25) is 0 Å². The second kappa shape index (κ2) is 7.03. The van der Waals surface area contributed by atoms with Gasteiger partial charge in [0, 0.05) is 18.0 Å². The minimum Gasteiger partial charge on any atom is -0.383 e. The minimum atomic E-state index is -4.85. The van der Waals surface area contributed by atoms with Crippen molar-refractivity contribution in [1.82, 2.24) is 5.32 Å². The second-order valence-electron chi connectivity index (χ2n) is 3.97. The average Bonchev–Trinajstić information content (AvgIpc) is 2.37. The van der Waals surface area contributed by atoms with Crippen LogP contribution in [0.1, 0.15) is 15.9 Å². The maximum Gasteiger partial charge on any atom is 0.419 e. The third-order valence-corrected chi connectivity index (χ3v) is 3.20. The largest absolute Gasteiger partial charge is 0.419 e. The van der Waals surface area contributed by atoms with E-state index >= 15 is 0 Å². The Morgan fingerprint density at radius 2 is 2.10 bits per heavy atom. The maximum absolute atomic E-state index is 13.1. The highest BCUT2D eigenvalue weighted by molar-refractivity contribution is 9.09. The summed E-state index contributed by atoms with van der Waals surface area (Å²) in [6.45, 7) is 0.199. The maximum atomic E-state index is 13.1. The van der Waals surface area contributed by atoms with Gasteiger partial charge in [-0.1, -0.05) is 15.9 Å². The normalized spacial score (nSPS) is 13.1. The van der Waals surface area contributed by atoms with Gasteiger partial charge in [0.05, 0.1) is 18.2 Å². The second-order valence-corrected chi connectivity index (χ2v) is 4.62. The number of halogens is 5. The standard InChI is InChI=1S/C12H12BrF4NO2/c1-20-6-8(5-13)18-11(19)7-2-3-10(14)9(4-7)12(15,16)17/h2-4,8H,5-6H2,1H3,(H,18,19). The molecule has 0 aromatic heterocycles. The number of carbonyl (C=O) groups is 1. The Morgan fingerprint density at radius 1 is 1.45 bits per heavy atom. The van der Waals surface area contributed by atoms with Gasteiger partial charge in [0.25, 0.3) is 5.91 Å². The first-order valence-electron chi connectivity index (χ1n) is 5.52. The zero-order valence-electron chi connectivity index (χ0n) is 10.4. The van der Waals surface area contributed by atoms with E-state index in [-0.39, 0.29) is 12.2 Å². The number of methoxy groups -OCH3 is 1. The van der Waals surface area contributed by atoms with Crippen LogP contribution in [0.5, 0.6) is 0 Å². The first kappa shape index (κ1) is 16.9. The number of amides is 1. The van der Waals surface area contributed by atoms with Crippen LogP contribution in [0, 0.1) is 5.82 Å². The molecule has 112 valence electrons. The molecular weight excluding hydrogens is 346 g/mol.